The van der Waals surface area contributed by atoms with Gasteiger partial charge in [0.1, 0.15) is 6.04 Å². The van der Waals surface area contributed by atoms with Crippen LogP contribution in [0.15, 0.2) is 53.4 Å². The maximum Gasteiger partial charge on any atom is 0.323 e. The second kappa shape index (κ2) is 7.18. The summed E-state index contributed by atoms with van der Waals surface area (Å²) in [5, 5.41) is 9.64. The molecule has 0 radical (unpaired) electrons. The molecule has 1 unspecified atom stereocenters. The van der Waals surface area contributed by atoms with E-state index in [-0.39, 0.29) is 11.4 Å². The Morgan fingerprint density at radius 3 is 2.44 bits per heavy atom. The highest BCUT2D eigenvalue weighted by atomic mass is 32.2. The molecule has 0 amide bonds. The van der Waals surface area contributed by atoms with Gasteiger partial charge in [-0.25, -0.2) is 8.42 Å². The van der Waals surface area contributed by atoms with Gasteiger partial charge < -0.3 is 10.8 Å². The van der Waals surface area contributed by atoms with Gasteiger partial charge in [-0.15, -0.1) is 0 Å². The number of rotatable bonds is 4. The topological polar surface area (TPSA) is 101 Å². The molecule has 1 aliphatic rings. The Kier molecular flexibility index (Phi) is 5.24. The predicted octanol–water partition coefficient (Wildman–Crippen LogP) is 2.91. The molecule has 0 aliphatic carbocycles. The molecule has 1 saturated heterocycles. The van der Waals surface area contributed by atoms with E-state index in [9.17, 15) is 18.3 Å². The zero-order valence-corrected chi connectivity index (χ0v) is 16.8. The number of benzene rings is 2. The molecule has 6 nitrogen and oxygen atoms in total. The monoisotopic (exact) mass is 406 g/mol. The van der Waals surface area contributed by atoms with Crippen molar-refractivity contribution in [3.8, 4) is 11.1 Å². The van der Waals surface area contributed by atoms with Crippen LogP contribution in [0, 0.1) is 0 Å². The molecule has 1 heterocycles. The number of nitrogen functional groups attached to an aromatic ring is 1. The molecule has 3 rings (SSSR count). The number of aliphatic carboxylic acids is 1. The first-order valence-electron chi connectivity index (χ1n) is 8.47. The summed E-state index contributed by atoms with van der Waals surface area (Å²) in [6, 6.07) is 12.7. The predicted molar refractivity (Wildman–Crippen MR) is 108 cm³/mol. The molecule has 0 saturated carbocycles. The Hall–Kier alpha value is -2.03. The van der Waals surface area contributed by atoms with Crippen molar-refractivity contribution in [1.82, 2.24) is 4.31 Å². The molecular formula is C19H22N2O4S2. The smallest absolute Gasteiger partial charge is 0.323 e. The van der Waals surface area contributed by atoms with E-state index in [2.05, 4.69) is 0 Å². The maximum atomic E-state index is 13.1. The zero-order chi connectivity index (χ0) is 19.8. The first-order chi connectivity index (χ1) is 12.6. The van der Waals surface area contributed by atoms with Gasteiger partial charge in [0.2, 0.25) is 10.0 Å². The molecule has 1 aliphatic heterocycles. The van der Waals surface area contributed by atoms with Gasteiger partial charge in [-0.3, -0.25) is 4.79 Å². The van der Waals surface area contributed by atoms with Gasteiger partial charge in [-0.1, -0.05) is 24.3 Å². The number of hydrogen-bond acceptors (Lipinski definition) is 5. The molecule has 0 aromatic heterocycles. The van der Waals surface area contributed by atoms with Crippen molar-refractivity contribution in [3.05, 3.63) is 48.5 Å². The molecule has 8 heteroatoms. The lowest BCUT2D eigenvalue weighted by molar-refractivity contribution is -0.142. The van der Waals surface area contributed by atoms with E-state index in [1.54, 1.807) is 32.0 Å². The van der Waals surface area contributed by atoms with Gasteiger partial charge in [0, 0.05) is 22.7 Å². The summed E-state index contributed by atoms with van der Waals surface area (Å²) in [5.41, 5.74) is 8.15. The van der Waals surface area contributed by atoms with Gasteiger partial charge >= 0.3 is 5.97 Å². The molecule has 27 heavy (non-hydrogen) atoms. The van der Waals surface area contributed by atoms with Crippen LogP contribution in [0.1, 0.15) is 13.8 Å². The van der Waals surface area contributed by atoms with Crippen LogP contribution in [-0.4, -0.2) is 46.9 Å². The average Bonchev–Trinajstić information content (AvgIpc) is 2.60. The van der Waals surface area contributed by atoms with E-state index in [0.717, 1.165) is 15.4 Å². The standard InChI is InChI=1S/C19H22N2O4S2/c1-19(2)17(18(22)23)21(10-11-26-19)27(24,25)16-8-6-13(7-9-16)14-4-3-5-15(20)12-14/h3-9,12,17H,10-11,20H2,1-2H3,(H,22,23). The summed E-state index contributed by atoms with van der Waals surface area (Å²) in [7, 11) is -3.92. The van der Waals surface area contributed by atoms with Crippen molar-refractivity contribution in [2.24, 2.45) is 0 Å². The molecule has 1 atom stereocenters. The summed E-state index contributed by atoms with van der Waals surface area (Å²) in [5.74, 6) is -0.579. The van der Waals surface area contributed by atoms with Crippen molar-refractivity contribution in [1.29, 1.82) is 0 Å². The van der Waals surface area contributed by atoms with Crippen LogP contribution in [0.5, 0.6) is 0 Å². The number of nitrogens with zero attached hydrogens (tertiary/aromatic N) is 1. The Morgan fingerprint density at radius 1 is 1.19 bits per heavy atom. The minimum absolute atomic E-state index is 0.0871. The molecule has 1 fully saturated rings. The van der Waals surface area contributed by atoms with Crippen LogP contribution in [-0.2, 0) is 14.8 Å². The normalized spacial score (nSPS) is 20.3. The number of thioether (sulfide) groups is 1. The third-order valence-corrected chi connectivity index (χ3v) is 7.88. The van der Waals surface area contributed by atoms with Gasteiger partial charge in [-0.05, 0) is 49.2 Å². The molecular weight excluding hydrogens is 384 g/mol. The van der Waals surface area contributed by atoms with Crippen LogP contribution in [0.2, 0.25) is 0 Å². The van der Waals surface area contributed by atoms with Crippen LogP contribution < -0.4 is 5.73 Å². The first-order valence-corrected chi connectivity index (χ1v) is 10.9. The fourth-order valence-electron chi connectivity index (χ4n) is 3.31. The molecule has 3 N–H and O–H groups in total. The number of hydrogen-bond donors (Lipinski definition) is 2. The van der Waals surface area contributed by atoms with Crippen molar-refractivity contribution in [2.45, 2.75) is 29.5 Å². The lowest BCUT2D eigenvalue weighted by Gasteiger charge is -2.42. The highest BCUT2D eigenvalue weighted by Gasteiger charge is 2.48. The largest absolute Gasteiger partial charge is 0.480 e. The van der Waals surface area contributed by atoms with Crippen LogP contribution >= 0.6 is 11.8 Å². The number of sulfonamides is 1. The minimum atomic E-state index is -3.92. The summed E-state index contributed by atoms with van der Waals surface area (Å²) in [4.78, 5) is 11.9. The van der Waals surface area contributed by atoms with E-state index >= 15 is 0 Å². The summed E-state index contributed by atoms with van der Waals surface area (Å²) in [6.45, 7) is 3.70. The average molecular weight is 407 g/mol. The summed E-state index contributed by atoms with van der Waals surface area (Å²) >= 11 is 1.47. The highest BCUT2D eigenvalue weighted by Crippen LogP contribution is 2.38. The SMILES string of the molecule is CC1(C)SCCN(S(=O)(=O)c2ccc(-c3cccc(N)c3)cc2)C1C(=O)O. The van der Waals surface area contributed by atoms with Crippen molar-refractivity contribution in [3.63, 3.8) is 0 Å². The first kappa shape index (κ1) is 19.7. The van der Waals surface area contributed by atoms with Crippen LogP contribution in [0.25, 0.3) is 11.1 Å². The molecule has 144 valence electrons. The van der Waals surface area contributed by atoms with Gasteiger partial charge in [0.05, 0.1) is 4.90 Å². The van der Waals surface area contributed by atoms with Gasteiger partial charge in [0.15, 0.2) is 0 Å². The maximum absolute atomic E-state index is 13.1. The van der Waals surface area contributed by atoms with Crippen molar-refractivity contribution < 1.29 is 18.3 Å². The number of carbonyl (C=O) groups is 1. The summed E-state index contributed by atoms with van der Waals surface area (Å²) < 4.78 is 26.7. The molecule has 0 bridgehead atoms. The second-order valence-corrected chi connectivity index (χ2v) is 10.6. The molecule has 2 aromatic carbocycles. The number of carboxylic acids is 1. The fourth-order valence-corrected chi connectivity index (χ4v) is 6.40. The van der Waals surface area contributed by atoms with Gasteiger partial charge in [-0.2, -0.15) is 16.1 Å². The Balaban J connectivity index is 1.96. The lowest BCUT2D eigenvalue weighted by Crippen LogP contribution is -2.58. The van der Waals surface area contributed by atoms with E-state index < -0.39 is 26.8 Å². The van der Waals surface area contributed by atoms with Crippen LogP contribution in [0.4, 0.5) is 5.69 Å². The van der Waals surface area contributed by atoms with E-state index in [4.69, 9.17) is 5.73 Å². The zero-order valence-electron chi connectivity index (χ0n) is 15.1. The number of nitrogens with two attached hydrogens (primary N) is 1. The van der Waals surface area contributed by atoms with Gasteiger partial charge in [0.25, 0.3) is 0 Å². The summed E-state index contributed by atoms with van der Waals surface area (Å²) in [6.07, 6.45) is 0. The van der Waals surface area contributed by atoms with Crippen LogP contribution in [0.3, 0.4) is 0 Å². The quantitative estimate of drug-likeness (QED) is 0.757. The highest BCUT2D eigenvalue weighted by molar-refractivity contribution is 8.00. The molecule has 0 spiro atoms. The Morgan fingerprint density at radius 2 is 1.85 bits per heavy atom. The second-order valence-electron chi connectivity index (χ2n) is 6.96. The van der Waals surface area contributed by atoms with Crippen molar-refractivity contribution in [2.75, 3.05) is 18.0 Å². The van der Waals surface area contributed by atoms with E-state index in [1.165, 1.54) is 23.9 Å². The number of anilines is 1. The Labute approximate surface area is 163 Å². The fraction of sp³-hybridized carbons (Fsp3) is 0.316. The van der Waals surface area contributed by atoms with Crippen molar-refractivity contribution >= 4 is 33.4 Å². The molecule has 2 aromatic rings. The Bertz CT molecular complexity index is 956. The third-order valence-electron chi connectivity index (χ3n) is 4.65. The minimum Gasteiger partial charge on any atom is -0.480 e. The van der Waals surface area contributed by atoms with E-state index in [1.807, 2.05) is 18.2 Å². The van der Waals surface area contributed by atoms with E-state index in [0.29, 0.717) is 11.4 Å². The lowest BCUT2D eigenvalue weighted by atomic mass is 10.0. The number of carboxylic acid groups (broad SMARTS) is 1. The third kappa shape index (κ3) is 3.83.